The summed E-state index contributed by atoms with van der Waals surface area (Å²) < 4.78 is 0. The number of nitro benzene ring substituents is 1. The summed E-state index contributed by atoms with van der Waals surface area (Å²) in [5.41, 5.74) is 1.06. The van der Waals surface area contributed by atoms with E-state index < -0.39 is 0 Å². The minimum Gasteiger partial charge on any atom is -0.316 e. The lowest BCUT2D eigenvalue weighted by molar-refractivity contribution is -0.385. The van der Waals surface area contributed by atoms with Gasteiger partial charge in [-0.25, -0.2) is 0 Å². The Morgan fingerprint density at radius 3 is 2.80 bits per heavy atom. The standard InChI is InChI=1S/C16H24N2O2/c1-13-6-2-3-8-15(13)12-17-11-10-14-7-4-5-9-16(14)18(19)20/h4-5,7,9,13,15,17H,2-3,6,8,10-12H2,1H3. The Hall–Kier alpha value is -1.42. The van der Waals surface area contributed by atoms with Crippen LogP contribution in [0.1, 0.15) is 38.2 Å². The van der Waals surface area contributed by atoms with Crippen LogP contribution in [0.2, 0.25) is 0 Å². The zero-order chi connectivity index (χ0) is 14.4. The maximum Gasteiger partial charge on any atom is 0.272 e. The van der Waals surface area contributed by atoms with Gasteiger partial charge in [-0.2, -0.15) is 0 Å². The van der Waals surface area contributed by atoms with Gasteiger partial charge < -0.3 is 5.32 Å². The highest BCUT2D eigenvalue weighted by atomic mass is 16.6. The van der Waals surface area contributed by atoms with E-state index in [1.54, 1.807) is 12.1 Å². The van der Waals surface area contributed by atoms with Crippen LogP contribution >= 0.6 is 0 Å². The van der Waals surface area contributed by atoms with Crippen molar-refractivity contribution < 1.29 is 4.92 Å². The number of nitro groups is 1. The zero-order valence-electron chi connectivity index (χ0n) is 12.2. The maximum atomic E-state index is 10.9. The number of para-hydroxylation sites is 1. The Kier molecular flexibility index (Phi) is 5.53. The molecule has 0 aromatic heterocycles. The quantitative estimate of drug-likeness (QED) is 0.491. The molecular weight excluding hydrogens is 252 g/mol. The molecule has 2 rings (SSSR count). The van der Waals surface area contributed by atoms with Crippen molar-refractivity contribution in [2.24, 2.45) is 11.8 Å². The van der Waals surface area contributed by atoms with Crippen molar-refractivity contribution in [2.45, 2.75) is 39.0 Å². The third kappa shape index (κ3) is 4.04. The van der Waals surface area contributed by atoms with Crippen LogP contribution in [0.25, 0.3) is 0 Å². The predicted molar refractivity (Wildman–Crippen MR) is 80.8 cm³/mol. The molecule has 20 heavy (non-hydrogen) atoms. The predicted octanol–water partition coefficient (Wildman–Crippen LogP) is 3.55. The monoisotopic (exact) mass is 276 g/mol. The Labute approximate surface area is 120 Å². The van der Waals surface area contributed by atoms with Gasteiger partial charge in [-0.05, 0) is 37.8 Å². The van der Waals surface area contributed by atoms with Gasteiger partial charge in [-0.1, -0.05) is 44.4 Å². The van der Waals surface area contributed by atoms with Gasteiger partial charge in [-0.15, -0.1) is 0 Å². The number of hydrogen-bond acceptors (Lipinski definition) is 3. The molecule has 1 aliphatic rings. The zero-order valence-corrected chi connectivity index (χ0v) is 12.2. The fraction of sp³-hybridized carbons (Fsp3) is 0.625. The summed E-state index contributed by atoms with van der Waals surface area (Å²) in [7, 11) is 0. The summed E-state index contributed by atoms with van der Waals surface area (Å²) in [6.45, 7) is 4.20. The summed E-state index contributed by atoms with van der Waals surface area (Å²) in [6, 6.07) is 7.02. The van der Waals surface area contributed by atoms with Crippen LogP contribution in [0.3, 0.4) is 0 Å². The second-order valence-electron chi connectivity index (χ2n) is 5.86. The van der Waals surface area contributed by atoms with Gasteiger partial charge in [0, 0.05) is 11.6 Å². The van der Waals surface area contributed by atoms with Crippen LogP contribution in [0.4, 0.5) is 5.69 Å². The Morgan fingerprint density at radius 2 is 2.05 bits per heavy atom. The molecule has 1 fully saturated rings. The number of nitrogens with zero attached hydrogens (tertiary/aromatic N) is 1. The number of rotatable bonds is 6. The molecule has 0 aliphatic heterocycles. The van der Waals surface area contributed by atoms with Gasteiger partial charge in [0.2, 0.25) is 0 Å². The van der Waals surface area contributed by atoms with Gasteiger partial charge in [0.25, 0.3) is 5.69 Å². The molecule has 0 bridgehead atoms. The summed E-state index contributed by atoms with van der Waals surface area (Å²) in [6.07, 6.45) is 6.10. The lowest BCUT2D eigenvalue weighted by Gasteiger charge is -2.28. The van der Waals surface area contributed by atoms with Gasteiger partial charge in [-0.3, -0.25) is 10.1 Å². The van der Waals surface area contributed by atoms with E-state index in [1.165, 1.54) is 25.7 Å². The van der Waals surface area contributed by atoms with Crippen molar-refractivity contribution in [3.05, 3.63) is 39.9 Å². The van der Waals surface area contributed by atoms with Crippen molar-refractivity contribution in [2.75, 3.05) is 13.1 Å². The lowest BCUT2D eigenvalue weighted by Crippen LogP contribution is -2.30. The van der Waals surface area contributed by atoms with Crippen molar-refractivity contribution in [3.8, 4) is 0 Å². The van der Waals surface area contributed by atoms with Crippen molar-refractivity contribution in [1.29, 1.82) is 0 Å². The molecule has 4 heteroatoms. The molecule has 2 atom stereocenters. The van der Waals surface area contributed by atoms with E-state index in [4.69, 9.17) is 0 Å². The smallest absolute Gasteiger partial charge is 0.272 e. The second-order valence-corrected chi connectivity index (χ2v) is 5.86. The number of hydrogen-bond donors (Lipinski definition) is 1. The van der Waals surface area contributed by atoms with Crippen LogP contribution in [-0.4, -0.2) is 18.0 Å². The molecule has 0 heterocycles. The molecular formula is C16H24N2O2. The van der Waals surface area contributed by atoms with Gasteiger partial charge >= 0.3 is 0 Å². The van der Waals surface area contributed by atoms with E-state index >= 15 is 0 Å². The van der Waals surface area contributed by atoms with E-state index in [2.05, 4.69) is 12.2 Å². The SMILES string of the molecule is CC1CCCCC1CNCCc1ccccc1[N+](=O)[O-]. The fourth-order valence-electron chi connectivity index (χ4n) is 3.11. The first-order valence-electron chi connectivity index (χ1n) is 7.61. The molecule has 0 saturated heterocycles. The van der Waals surface area contributed by atoms with E-state index in [0.717, 1.165) is 36.9 Å². The largest absolute Gasteiger partial charge is 0.316 e. The summed E-state index contributed by atoms with van der Waals surface area (Å²) in [4.78, 5) is 10.6. The second kappa shape index (κ2) is 7.39. The van der Waals surface area contributed by atoms with Gasteiger partial charge in [0.15, 0.2) is 0 Å². The molecule has 0 spiro atoms. The van der Waals surface area contributed by atoms with Crippen LogP contribution in [-0.2, 0) is 6.42 Å². The Balaban J connectivity index is 1.77. The first-order chi connectivity index (χ1) is 9.68. The molecule has 110 valence electrons. The topological polar surface area (TPSA) is 55.2 Å². The fourth-order valence-corrected chi connectivity index (χ4v) is 3.11. The molecule has 1 aromatic rings. The first kappa shape index (κ1) is 15.0. The summed E-state index contributed by atoms with van der Waals surface area (Å²) in [5.74, 6) is 1.58. The minimum atomic E-state index is -0.293. The van der Waals surface area contributed by atoms with Crippen molar-refractivity contribution >= 4 is 5.69 Å². The maximum absolute atomic E-state index is 10.9. The first-order valence-corrected chi connectivity index (χ1v) is 7.61. The van der Waals surface area contributed by atoms with Gasteiger partial charge in [0.05, 0.1) is 4.92 Å². The highest BCUT2D eigenvalue weighted by molar-refractivity contribution is 5.39. The average molecular weight is 276 g/mol. The number of benzene rings is 1. The summed E-state index contributed by atoms with van der Waals surface area (Å²) >= 11 is 0. The molecule has 1 aliphatic carbocycles. The highest BCUT2D eigenvalue weighted by Gasteiger charge is 2.20. The molecule has 1 saturated carbocycles. The van der Waals surface area contributed by atoms with Crippen LogP contribution in [0, 0.1) is 22.0 Å². The molecule has 4 nitrogen and oxygen atoms in total. The normalized spacial score (nSPS) is 22.6. The van der Waals surface area contributed by atoms with Crippen molar-refractivity contribution in [1.82, 2.24) is 5.32 Å². The van der Waals surface area contributed by atoms with E-state index in [-0.39, 0.29) is 10.6 Å². The van der Waals surface area contributed by atoms with E-state index in [1.807, 2.05) is 12.1 Å². The summed E-state index contributed by atoms with van der Waals surface area (Å²) in [5, 5.41) is 14.4. The molecule has 2 unspecified atom stereocenters. The van der Waals surface area contributed by atoms with E-state index in [9.17, 15) is 10.1 Å². The van der Waals surface area contributed by atoms with Crippen LogP contribution in [0.5, 0.6) is 0 Å². The molecule has 0 amide bonds. The van der Waals surface area contributed by atoms with Crippen LogP contribution < -0.4 is 5.32 Å². The average Bonchev–Trinajstić information content (AvgIpc) is 2.45. The molecule has 1 aromatic carbocycles. The lowest BCUT2D eigenvalue weighted by atomic mass is 9.80. The van der Waals surface area contributed by atoms with Crippen LogP contribution in [0.15, 0.2) is 24.3 Å². The number of nitrogens with one attached hydrogen (secondary N) is 1. The third-order valence-corrected chi connectivity index (χ3v) is 4.46. The van der Waals surface area contributed by atoms with E-state index in [0.29, 0.717) is 0 Å². The third-order valence-electron chi connectivity index (χ3n) is 4.46. The highest BCUT2D eigenvalue weighted by Crippen LogP contribution is 2.28. The van der Waals surface area contributed by atoms with Gasteiger partial charge in [0.1, 0.15) is 0 Å². The minimum absolute atomic E-state index is 0.236. The molecule has 0 radical (unpaired) electrons. The van der Waals surface area contributed by atoms with Crippen molar-refractivity contribution in [3.63, 3.8) is 0 Å². The molecule has 1 N–H and O–H groups in total. The Bertz CT molecular complexity index is 448. The Morgan fingerprint density at radius 1 is 1.30 bits per heavy atom.